The molecule has 2 aliphatic heterocycles. The van der Waals surface area contributed by atoms with Crippen LogP contribution >= 0.6 is 0 Å². The number of hydrogen-bond donors (Lipinski definition) is 0. The van der Waals surface area contributed by atoms with Crippen molar-refractivity contribution in [2.45, 2.75) is 44.2 Å². The maximum Gasteiger partial charge on any atom is 0.410 e. The summed E-state index contributed by atoms with van der Waals surface area (Å²) in [7, 11) is 0. The Kier molecular flexibility index (Phi) is 4.84. The second-order valence-corrected chi connectivity index (χ2v) is 8.26. The Hall–Kier alpha value is -2.28. The van der Waals surface area contributed by atoms with E-state index in [0.29, 0.717) is 0 Å². The van der Waals surface area contributed by atoms with Crippen LogP contribution in [-0.4, -0.2) is 76.7 Å². The first-order chi connectivity index (χ1) is 13.8. The molecule has 0 spiro atoms. The number of amides is 1. The largest absolute Gasteiger partial charge is 0.446 e. The number of carbonyl (C=O) groups is 1. The second kappa shape index (κ2) is 7.62. The topological polar surface area (TPSA) is 53.3 Å². The van der Waals surface area contributed by atoms with Crippen molar-refractivity contribution >= 4 is 17.4 Å². The molecule has 150 valence electrons. The molecule has 0 unspecified atom stereocenters. The normalized spacial score (nSPS) is 22.4. The monoisotopic (exact) mass is 383 g/mol. The van der Waals surface area contributed by atoms with E-state index in [2.05, 4.69) is 26.9 Å². The van der Waals surface area contributed by atoms with E-state index in [9.17, 15) is 4.79 Å². The summed E-state index contributed by atoms with van der Waals surface area (Å²) in [6.07, 6.45) is 11.5. The number of aromatic nitrogens is 2. The van der Waals surface area contributed by atoms with E-state index in [1.165, 1.54) is 24.9 Å². The van der Waals surface area contributed by atoms with Crippen molar-refractivity contribution in [3.8, 4) is 0 Å². The number of anilines is 1. The number of carbonyl (C=O) groups excluding carboxylic acids is 1. The van der Waals surface area contributed by atoms with Gasteiger partial charge in [-0.15, -0.1) is 0 Å². The zero-order valence-electron chi connectivity index (χ0n) is 16.4. The zero-order chi connectivity index (χ0) is 18.9. The molecule has 1 aliphatic carbocycles. The van der Waals surface area contributed by atoms with Gasteiger partial charge in [0.25, 0.3) is 0 Å². The van der Waals surface area contributed by atoms with E-state index in [0.717, 1.165) is 63.8 Å². The van der Waals surface area contributed by atoms with Crippen LogP contribution in [0.15, 0.2) is 30.7 Å². The Labute approximate surface area is 165 Å². The molecule has 0 N–H and O–H groups in total. The molecule has 0 radical (unpaired) electrons. The van der Waals surface area contributed by atoms with Crippen molar-refractivity contribution < 1.29 is 9.53 Å². The average molecular weight is 383 g/mol. The van der Waals surface area contributed by atoms with Gasteiger partial charge in [-0.25, -0.2) is 9.78 Å². The highest BCUT2D eigenvalue weighted by Crippen LogP contribution is 2.26. The molecule has 1 amide bonds. The van der Waals surface area contributed by atoms with Gasteiger partial charge in [0.2, 0.25) is 0 Å². The van der Waals surface area contributed by atoms with Gasteiger partial charge in [-0.1, -0.05) is 6.42 Å². The van der Waals surface area contributed by atoms with E-state index in [1.54, 1.807) is 0 Å². The van der Waals surface area contributed by atoms with Crippen LogP contribution in [-0.2, 0) is 4.74 Å². The third-order valence-corrected chi connectivity index (χ3v) is 6.62. The summed E-state index contributed by atoms with van der Waals surface area (Å²) in [6.45, 7) is 5.41. The maximum atomic E-state index is 12.6. The molecule has 0 atom stereocenters. The van der Waals surface area contributed by atoms with Crippen LogP contribution in [0, 0.1) is 0 Å². The van der Waals surface area contributed by atoms with Gasteiger partial charge in [0.05, 0.1) is 0 Å². The quantitative estimate of drug-likeness (QED) is 0.816. The third-order valence-electron chi connectivity index (χ3n) is 6.62. The lowest BCUT2D eigenvalue weighted by Gasteiger charge is -2.43. The number of fused-ring (bicyclic) bond motifs is 1. The standard InChI is InChI=1S/C21H29N5O2/c27-21(26-14-12-24(13-15-26)17-2-1-3-17)28-19-5-9-23(10-6-19)18-4-8-25-11-7-22-20(25)16-18/h4,7-8,11,16-17,19H,1-3,5-6,9-10,12-15H2. The van der Waals surface area contributed by atoms with Gasteiger partial charge in [-0.3, -0.25) is 4.90 Å². The van der Waals surface area contributed by atoms with E-state index >= 15 is 0 Å². The molecule has 7 heteroatoms. The highest BCUT2D eigenvalue weighted by molar-refractivity contribution is 5.68. The molecule has 0 bridgehead atoms. The molecule has 2 saturated heterocycles. The van der Waals surface area contributed by atoms with E-state index in [4.69, 9.17) is 4.74 Å². The van der Waals surface area contributed by atoms with Gasteiger partial charge < -0.3 is 18.9 Å². The summed E-state index contributed by atoms with van der Waals surface area (Å²) in [5, 5.41) is 0. The summed E-state index contributed by atoms with van der Waals surface area (Å²) in [4.78, 5) is 23.7. The van der Waals surface area contributed by atoms with E-state index in [-0.39, 0.29) is 12.2 Å². The van der Waals surface area contributed by atoms with Crippen molar-refractivity contribution in [3.05, 3.63) is 30.7 Å². The highest BCUT2D eigenvalue weighted by atomic mass is 16.6. The fourth-order valence-corrected chi connectivity index (χ4v) is 4.57. The predicted molar refractivity (Wildman–Crippen MR) is 108 cm³/mol. The van der Waals surface area contributed by atoms with Crippen LogP contribution in [0.4, 0.5) is 10.5 Å². The number of piperidine rings is 1. The minimum atomic E-state index is -0.120. The summed E-state index contributed by atoms with van der Waals surface area (Å²) in [6, 6.07) is 5.01. The lowest BCUT2D eigenvalue weighted by molar-refractivity contribution is 0.0230. The molecular weight excluding hydrogens is 354 g/mol. The third kappa shape index (κ3) is 3.55. The first-order valence-corrected chi connectivity index (χ1v) is 10.6. The molecule has 5 rings (SSSR count). The van der Waals surface area contributed by atoms with Crippen LogP contribution in [0.2, 0.25) is 0 Å². The van der Waals surface area contributed by atoms with Crippen molar-refractivity contribution in [3.63, 3.8) is 0 Å². The molecule has 4 heterocycles. The van der Waals surface area contributed by atoms with Crippen LogP contribution in [0.1, 0.15) is 32.1 Å². The lowest BCUT2D eigenvalue weighted by atomic mass is 9.91. The molecular formula is C21H29N5O2. The number of rotatable bonds is 3. The Morgan fingerprint density at radius 3 is 2.50 bits per heavy atom. The van der Waals surface area contributed by atoms with Gasteiger partial charge in [-0.05, 0) is 18.9 Å². The van der Waals surface area contributed by atoms with Crippen molar-refractivity contribution in [1.29, 1.82) is 0 Å². The first-order valence-electron chi connectivity index (χ1n) is 10.6. The summed E-state index contributed by atoms with van der Waals surface area (Å²) in [5.74, 6) is 0. The first kappa shape index (κ1) is 17.8. The van der Waals surface area contributed by atoms with Crippen LogP contribution in [0.25, 0.3) is 5.65 Å². The number of ether oxygens (including phenoxy) is 1. The van der Waals surface area contributed by atoms with E-state index in [1.807, 2.05) is 27.9 Å². The molecule has 7 nitrogen and oxygen atoms in total. The Morgan fingerprint density at radius 1 is 1.00 bits per heavy atom. The number of piperazine rings is 1. The second-order valence-electron chi connectivity index (χ2n) is 8.26. The summed E-state index contributed by atoms with van der Waals surface area (Å²) in [5.41, 5.74) is 2.16. The minimum Gasteiger partial charge on any atom is -0.446 e. The molecule has 2 aromatic heterocycles. The average Bonchev–Trinajstić information content (AvgIpc) is 3.15. The van der Waals surface area contributed by atoms with Gasteiger partial charge in [0.15, 0.2) is 0 Å². The Bertz CT molecular complexity index is 817. The molecule has 1 saturated carbocycles. The van der Waals surface area contributed by atoms with Crippen molar-refractivity contribution in [2.75, 3.05) is 44.2 Å². The van der Waals surface area contributed by atoms with Gasteiger partial charge in [0.1, 0.15) is 11.8 Å². The maximum absolute atomic E-state index is 12.6. The summed E-state index contributed by atoms with van der Waals surface area (Å²) >= 11 is 0. The van der Waals surface area contributed by atoms with E-state index < -0.39 is 0 Å². The molecule has 3 aliphatic rings. The van der Waals surface area contributed by atoms with Gasteiger partial charge in [0, 0.05) is 88.5 Å². The fourth-order valence-electron chi connectivity index (χ4n) is 4.57. The molecule has 2 aromatic rings. The molecule has 0 aromatic carbocycles. The smallest absolute Gasteiger partial charge is 0.410 e. The lowest BCUT2D eigenvalue weighted by Crippen LogP contribution is -2.54. The van der Waals surface area contributed by atoms with Crippen molar-refractivity contribution in [2.24, 2.45) is 0 Å². The zero-order valence-corrected chi connectivity index (χ0v) is 16.4. The minimum absolute atomic E-state index is 0.0311. The van der Waals surface area contributed by atoms with Gasteiger partial charge >= 0.3 is 6.09 Å². The number of hydrogen-bond acceptors (Lipinski definition) is 5. The van der Waals surface area contributed by atoms with Crippen molar-refractivity contribution in [1.82, 2.24) is 19.2 Å². The van der Waals surface area contributed by atoms with Gasteiger partial charge in [-0.2, -0.15) is 0 Å². The Morgan fingerprint density at radius 2 is 1.79 bits per heavy atom. The SMILES string of the molecule is O=C(OC1CCN(c2ccn3ccnc3c2)CC1)N1CCN(C2CCC2)CC1. The fraction of sp³-hybridized carbons (Fsp3) is 0.619. The number of pyridine rings is 1. The number of imidazole rings is 1. The van der Waals surface area contributed by atoms with Crippen LogP contribution < -0.4 is 4.90 Å². The summed E-state index contributed by atoms with van der Waals surface area (Å²) < 4.78 is 7.85. The highest BCUT2D eigenvalue weighted by Gasteiger charge is 2.31. The number of nitrogens with zero attached hydrogens (tertiary/aromatic N) is 5. The predicted octanol–water partition coefficient (Wildman–Crippen LogP) is 2.61. The van der Waals surface area contributed by atoms with Crippen LogP contribution in [0.5, 0.6) is 0 Å². The van der Waals surface area contributed by atoms with Crippen LogP contribution in [0.3, 0.4) is 0 Å². The molecule has 28 heavy (non-hydrogen) atoms. The Balaban J connectivity index is 1.09. The molecule has 3 fully saturated rings.